The summed E-state index contributed by atoms with van der Waals surface area (Å²) in [6.07, 6.45) is 1.19. The molecule has 108 valence electrons. The van der Waals surface area contributed by atoms with Crippen LogP contribution in [0.2, 0.25) is 0 Å². The van der Waals surface area contributed by atoms with Crippen LogP contribution >= 0.6 is 0 Å². The van der Waals surface area contributed by atoms with Gasteiger partial charge in [-0.1, -0.05) is 6.07 Å². The standard InChI is InChI=1S/C16H16N2O3/c1-10-6-11(2)8-13(7-10)18(3)15(19)14-5-4-12(9-17-14)16(20)21/h4-9H,1-3H3,(H,20,21). The number of carboxylic acid groups (broad SMARTS) is 1. The number of nitrogens with zero attached hydrogens (tertiary/aromatic N) is 2. The first-order valence-corrected chi connectivity index (χ1v) is 6.44. The molecule has 1 aromatic heterocycles. The molecule has 0 bridgehead atoms. The molecule has 0 aliphatic heterocycles. The summed E-state index contributed by atoms with van der Waals surface area (Å²) in [6, 6.07) is 8.65. The van der Waals surface area contributed by atoms with Crippen molar-refractivity contribution >= 4 is 17.6 Å². The van der Waals surface area contributed by atoms with Gasteiger partial charge in [-0.3, -0.25) is 9.78 Å². The fraction of sp³-hybridized carbons (Fsp3) is 0.188. The number of hydrogen-bond donors (Lipinski definition) is 1. The van der Waals surface area contributed by atoms with Gasteiger partial charge >= 0.3 is 5.97 Å². The molecule has 0 aliphatic carbocycles. The molecule has 0 radical (unpaired) electrons. The Morgan fingerprint density at radius 2 is 1.71 bits per heavy atom. The summed E-state index contributed by atoms with van der Waals surface area (Å²) in [7, 11) is 1.67. The van der Waals surface area contributed by atoms with Crippen molar-refractivity contribution in [2.24, 2.45) is 0 Å². The number of benzene rings is 1. The second-order valence-electron chi connectivity index (χ2n) is 4.95. The third kappa shape index (κ3) is 3.25. The molecule has 1 aromatic carbocycles. The molecule has 0 saturated carbocycles. The highest BCUT2D eigenvalue weighted by Crippen LogP contribution is 2.19. The lowest BCUT2D eigenvalue weighted by atomic mass is 10.1. The number of aromatic carboxylic acids is 1. The minimum atomic E-state index is -1.07. The van der Waals surface area contributed by atoms with E-state index in [1.165, 1.54) is 23.2 Å². The Morgan fingerprint density at radius 1 is 1.10 bits per heavy atom. The van der Waals surface area contributed by atoms with E-state index in [0.29, 0.717) is 0 Å². The van der Waals surface area contributed by atoms with E-state index >= 15 is 0 Å². The number of rotatable bonds is 3. The summed E-state index contributed by atoms with van der Waals surface area (Å²) >= 11 is 0. The number of carboxylic acids is 1. The summed E-state index contributed by atoms with van der Waals surface area (Å²) in [4.78, 5) is 28.6. The second-order valence-corrected chi connectivity index (χ2v) is 4.95. The van der Waals surface area contributed by atoms with E-state index in [1.807, 2.05) is 32.0 Å². The van der Waals surface area contributed by atoms with E-state index in [4.69, 9.17) is 5.11 Å². The van der Waals surface area contributed by atoms with Crippen molar-refractivity contribution in [2.75, 3.05) is 11.9 Å². The Hall–Kier alpha value is -2.69. The quantitative estimate of drug-likeness (QED) is 0.940. The van der Waals surface area contributed by atoms with Gasteiger partial charge in [-0.05, 0) is 49.2 Å². The summed E-state index contributed by atoms with van der Waals surface area (Å²) in [5.41, 5.74) is 3.18. The van der Waals surface area contributed by atoms with E-state index < -0.39 is 5.97 Å². The first-order chi connectivity index (χ1) is 9.88. The van der Waals surface area contributed by atoms with E-state index in [0.717, 1.165) is 16.8 Å². The molecule has 0 saturated heterocycles. The number of carbonyl (C=O) groups excluding carboxylic acids is 1. The molecule has 5 nitrogen and oxygen atoms in total. The normalized spacial score (nSPS) is 10.2. The number of amides is 1. The van der Waals surface area contributed by atoms with Crippen molar-refractivity contribution < 1.29 is 14.7 Å². The van der Waals surface area contributed by atoms with E-state index in [1.54, 1.807) is 7.05 Å². The molecule has 0 atom stereocenters. The number of pyridine rings is 1. The minimum absolute atomic E-state index is 0.0561. The molecule has 0 fully saturated rings. The van der Waals surface area contributed by atoms with Crippen molar-refractivity contribution in [1.82, 2.24) is 4.98 Å². The third-order valence-corrected chi connectivity index (χ3v) is 3.13. The van der Waals surface area contributed by atoms with E-state index in [9.17, 15) is 9.59 Å². The van der Waals surface area contributed by atoms with E-state index in [2.05, 4.69) is 4.98 Å². The zero-order chi connectivity index (χ0) is 15.6. The Balaban J connectivity index is 2.28. The lowest BCUT2D eigenvalue weighted by Crippen LogP contribution is -2.27. The van der Waals surface area contributed by atoms with Crippen LogP contribution < -0.4 is 4.90 Å². The maximum atomic E-state index is 12.4. The number of carbonyl (C=O) groups is 2. The predicted molar refractivity (Wildman–Crippen MR) is 79.8 cm³/mol. The highest BCUT2D eigenvalue weighted by atomic mass is 16.4. The second kappa shape index (κ2) is 5.75. The fourth-order valence-corrected chi connectivity index (χ4v) is 2.08. The van der Waals surface area contributed by atoms with E-state index in [-0.39, 0.29) is 17.2 Å². The maximum Gasteiger partial charge on any atom is 0.337 e. The Kier molecular flexibility index (Phi) is 4.03. The van der Waals surface area contributed by atoms with Gasteiger partial charge in [0.05, 0.1) is 5.56 Å². The molecule has 1 heterocycles. The largest absolute Gasteiger partial charge is 0.478 e. The van der Waals surface area contributed by atoms with Gasteiger partial charge in [-0.15, -0.1) is 0 Å². The van der Waals surface area contributed by atoms with Gasteiger partial charge in [-0.2, -0.15) is 0 Å². The van der Waals surface area contributed by atoms with Crippen LogP contribution in [0.4, 0.5) is 5.69 Å². The van der Waals surface area contributed by atoms with Gasteiger partial charge in [0.15, 0.2) is 0 Å². The molecule has 0 aliphatic rings. The average Bonchev–Trinajstić information content (AvgIpc) is 2.44. The number of aryl methyl sites for hydroxylation is 2. The Morgan fingerprint density at radius 3 is 2.19 bits per heavy atom. The molecule has 5 heteroatoms. The third-order valence-electron chi connectivity index (χ3n) is 3.13. The van der Waals surface area contributed by atoms with Gasteiger partial charge in [0.25, 0.3) is 5.91 Å². The van der Waals surface area contributed by atoms with Gasteiger partial charge in [0.2, 0.25) is 0 Å². The maximum absolute atomic E-state index is 12.4. The minimum Gasteiger partial charge on any atom is -0.478 e. The van der Waals surface area contributed by atoms with Crippen LogP contribution in [0, 0.1) is 13.8 Å². The molecule has 2 aromatic rings. The van der Waals surface area contributed by atoms with Gasteiger partial charge in [0.1, 0.15) is 5.69 Å². The molecule has 0 unspecified atom stereocenters. The fourth-order valence-electron chi connectivity index (χ4n) is 2.08. The van der Waals surface area contributed by atoms with Crippen LogP contribution in [0.15, 0.2) is 36.5 Å². The lowest BCUT2D eigenvalue weighted by Gasteiger charge is -2.18. The zero-order valence-corrected chi connectivity index (χ0v) is 12.1. The summed E-state index contributed by atoms with van der Waals surface area (Å²) < 4.78 is 0. The van der Waals surface area contributed by atoms with Crippen molar-refractivity contribution in [3.05, 3.63) is 58.9 Å². The van der Waals surface area contributed by atoms with Crippen LogP contribution in [0.25, 0.3) is 0 Å². The monoisotopic (exact) mass is 284 g/mol. The van der Waals surface area contributed by atoms with Gasteiger partial charge in [0, 0.05) is 18.9 Å². The topological polar surface area (TPSA) is 70.5 Å². The van der Waals surface area contributed by atoms with Crippen molar-refractivity contribution in [3.63, 3.8) is 0 Å². The molecule has 1 N–H and O–H groups in total. The first-order valence-electron chi connectivity index (χ1n) is 6.44. The van der Waals surface area contributed by atoms with Crippen molar-refractivity contribution in [1.29, 1.82) is 0 Å². The highest BCUT2D eigenvalue weighted by molar-refractivity contribution is 6.04. The molecular formula is C16H16N2O3. The molecule has 1 amide bonds. The van der Waals surface area contributed by atoms with Gasteiger partial charge in [-0.25, -0.2) is 4.79 Å². The number of anilines is 1. The van der Waals surface area contributed by atoms with Crippen molar-refractivity contribution in [2.45, 2.75) is 13.8 Å². The van der Waals surface area contributed by atoms with Crippen LogP contribution in [0.5, 0.6) is 0 Å². The molecule has 0 spiro atoms. The number of hydrogen-bond acceptors (Lipinski definition) is 3. The number of aromatic nitrogens is 1. The smallest absolute Gasteiger partial charge is 0.337 e. The lowest BCUT2D eigenvalue weighted by molar-refractivity contribution is 0.0695. The Bertz CT molecular complexity index is 673. The highest BCUT2D eigenvalue weighted by Gasteiger charge is 2.16. The summed E-state index contributed by atoms with van der Waals surface area (Å²) in [5, 5.41) is 8.83. The predicted octanol–water partition coefficient (Wildman–Crippen LogP) is 2.67. The Labute approximate surface area is 122 Å². The molecular weight excluding hydrogens is 268 g/mol. The average molecular weight is 284 g/mol. The SMILES string of the molecule is Cc1cc(C)cc(N(C)C(=O)c2ccc(C(=O)O)cn2)c1. The van der Waals surface area contributed by atoms with Crippen LogP contribution in [-0.2, 0) is 0 Å². The van der Waals surface area contributed by atoms with Crippen molar-refractivity contribution in [3.8, 4) is 0 Å². The van der Waals surface area contributed by atoms with Crippen LogP contribution in [-0.4, -0.2) is 29.0 Å². The summed E-state index contributed by atoms with van der Waals surface area (Å²) in [6.45, 7) is 3.93. The zero-order valence-electron chi connectivity index (χ0n) is 12.1. The van der Waals surface area contributed by atoms with Crippen LogP contribution in [0.1, 0.15) is 32.0 Å². The first kappa shape index (κ1) is 14.7. The summed E-state index contributed by atoms with van der Waals surface area (Å²) in [5.74, 6) is -1.35. The van der Waals surface area contributed by atoms with Gasteiger partial charge < -0.3 is 10.0 Å². The molecule has 2 rings (SSSR count). The molecule has 21 heavy (non-hydrogen) atoms. The van der Waals surface area contributed by atoms with Crippen LogP contribution in [0.3, 0.4) is 0 Å².